The maximum absolute atomic E-state index is 13.1. The molecule has 2 N–H and O–H groups in total. The number of hydrogen-bond donors (Lipinski definition) is 1. The number of rotatable bonds is 5. The molecule has 0 amide bonds. The highest BCUT2D eigenvalue weighted by molar-refractivity contribution is 5.52. The Balaban J connectivity index is 3.19. The maximum atomic E-state index is 13.1. The van der Waals surface area contributed by atoms with Crippen molar-refractivity contribution in [1.82, 2.24) is 0 Å². The highest BCUT2D eigenvalue weighted by Gasteiger charge is 2.33. The van der Waals surface area contributed by atoms with Crippen LogP contribution < -0.4 is 10.6 Å². The fourth-order valence-electron chi connectivity index (χ4n) is 2.10. The molecule has 0 aliphatic rings. The zero-order chi connectivity index (χ0) is 15.5. The first kappa shape index (κ1) is 16.8. The lowest BCUT2D eigenvalue weighted by Crippen LogP contribution is -2.33. The topological polar surface area (TPSA) is 29.3 Å². The van der Waals surface area contributed by atoms with Crippen LogP contribution in [0.5, 0.6) is 0 Å². The predicted octanol–water partition coefficient (Wildman–Crippen LogP) is 3.69. The number of alkyl halides is 3. The molecular weight excluding hydrogens is 265 g/mol. The van der Waals surface area contributed by atoms with Crippen LogP contribution in [0, 0.1) is 5.92 Å². The standard InChI is InChI=1S/C15H23F3N2/c1-10(2)11(3)20(4)13-6-5-12(7-8-19)14(9-13)15(16,17)18/h5-6,9-11H,7-8,19H2,1-4H3. The fraction of sp³-hybridized carbons (Fsp3) is 0.600. The van der Waals surface area contributed by atoms with Crippen LogP contribution in [0.1, 0.15) is 31.9 Å². The van der Waals surface area contributed by atoms with Crippen molar-refractivity contribution in [2.75, 3.05) is 18.5 Å². The Morgan fingerprint density at radius 2 is 1.80 bits per heavy atom. The molecular formula is C15H23F3N2. The average molecular weight is 288 g/mol. The second kappa shape index (κ2) is 6.48. The molecule has 0 saturated heterocycles. The molecule has 1 rings (SSSR count). The number of benzene rings is 1. The lowest BCUT2D eigenvalue weighted by atomic mass is 10.0. The van der Waals surface area contributed by atoms with E-state index in [0.717, 1.165) is 0 Å². The summed E-state index contributed by atoms with van der Waals surface area (Å²) in [5.41, 5.74) is 5.64. The molecule has 0 bridgehead atoms. The van der Waals surface area contributed by atoms with Gasteiger partial charge in [-0.1, -0.05) is 19.9 Å². The number of hydrogen-bond acceptors (Lipinski definition) is 2. The predicted molar refractivity (Wildman–Crippen MR) is 76.9 cm³/mol. The molecule has 0 aromatic heterocycles. The van der Waals surface area contributed by atoms with Gasteiger partial charge < -0.3 is 10.6 Å². The van der Waals surface area contributed by atoms with Crippen LogP contribution in [0.2, 0.25) is 0 Å². The molecule has 0 spiro atoms. The van der Waals surface area contributed by atoms with Crippen molar-refractivity contribution in [2.24, 2.45) is 11.7 Å². The summed E-state index contributed by atoms with van der Waals surface area (Å²) >= 11 is 0. The minimum Gasteiger partial charge on any atom is -0.372 e. The molecule has 0 aliphatic heterocycles. The van der Waals surface area contributed by atoms with Gasteiger partial charge in [-0.05, 0) is 43.5 Å². The van der Waals surface area contributed by atoms with E-state index in [-0.39, 0.29) is 24.6 Å². The van der Waals surface area contributed by atoms with E-state index in [9.17, 15) is 13.2 Å². The van der Waals surface area contributed by atoms with Crippen molar-refractivity contribution >= 4 is 5.69 Å². The molecule has 1 aromatic carbocycles. The third kappa shape index (κ3) is 3.88. The monoisotopic (exact) mass is 288 g/mol. The van der Waals surface area contributed by atoms with Gasteiger partial charge in [0, 0.05) is 18.8 Å². The summed E-state index contributed by atoms with van der Waals surface area (Å²) in [6.45, 7) is 6.32. The van der Waals surface area contributed by atoms with Crippen LogP contribution in [-0.4, -0.2) is 19.6 Å². The highest BCUT2D eigenvalue weighted by Crippen LogP contribution is 2.35. The van der Waals surface area contributed by atoms with Gasteiger partial charge in [0.1, 0.15) is 0 Å². The molecule has 20 heavy (non-hydrogen) atoms. The van der Waals surface area contributed by atoms with E-state index in [0.29, 0.717) is 11.6 Å². The van der Waals surface area contributed by atoms with Crippen molar-refractivity contribution in [3.05, 3.63) is 29.3 Å². The Morgan fingerprint density at radius 3 is 2.25 bits per heavy atom. The van der Waals surface area contributed by atoms with E-state index in [4.69, 9.17) is 5.73 Å². The van der Waals surface area contributed by atoms with E-state index in [1.54, 1.807) is 6.07 Å². The second-order valence-corrected chi connectivity index (χ2v) is 5.47. The van der Waals surface area contributed by atoms with Crippen LogP contribution in [0.3, 0.4) is 0 Å². The van der Waals surface area contributed by atoms with Gasteiger partial charge in [0.05, 0.1) is 5.56 Å². The minimum absolute atomic E-state index is 0.163. The lowest BCUT2D eigenvalue weighted by molar-refractivity contribution is -0.138. The first-order valence-electron chi connectivity index (χ1n) is 6.81. The van der Waals surface area contributed by atoms with Gasteiger partial charge in [0.2, 0.25) is 0 Å². The number of anilines is 1. The second-order valence-electron chi connectivity index (χ2n) is 5.47. The Bertz CT molecular complexity index is 441. The molecule has 0 saturated carbocycles. The van der Waals surface area contributed by atoms with Crippen molar-refractivity contribution < 1.29 is 13.2 Å². The SMILES string of the molecule is CC(C)C(C)N(C)c1ccc(CCN)c(C(F)(F)F)c1. The molecule has 1 aromatic rings. The summed E-state index contributed by atoms with van der Waals surface area (Å²) in [5, 5.41) is 0. The van der Waals surface area contributed by atoms with E-state index >= 15 is 0 Å². The smallest absolute Gasteiger partial charge is 0.372 e. The van der Waals surface area contributed by atoms with Gasteiger partial charge >= 0.3 is 6.18 Å². The van der Waals surface area contributed by atoms with E-state index in [1.165, 1.54) is 12.1 Å². The summed E-state index contributed by atoms with van der Waals surface area (Å²) in [6, 6.07) is 4.66. The van der Waals surface area contributed by atoms with Crippen molar-refractivity contribution in [3.8, 4) is 0 Å². The minimum atomic E-state index is -4.34. The van der Waals surface area contributed by atoms with Gasteiger partial charge in [-0.3, -0.25) is 0 Å². The third-order valence-electron chi connectivity index (χ3n) is 3.80. The molecule has 1 unspecified atom stereocenters. The lowest BCUT2D eigenvalue weighted by Gasteiger charge is -2.31. The van der Waals surface area contributed by atoms with Crippen molar-refractivity contribution in [3.63, 3.8) is 0 Å². The van der Waals surface area contributed by atoms with Crippen molar-refractivity contribution in [2.45, 2.75) is 39.4 Å². The van der Waals surface area contributed by atoms with Gasteiger partial charge in [0.15, 0.2) is 0 Å². The summed E-state index contributed by atoms with van der Waals surface area (Å²) in [5.74, 6) is 0.359. The molecule has 0 heterocycles. The van der Waals surface area contributed by atoms with Crippen LogP contribution in [-0.2, 0) is 12.6 Å². The van der Waals surface area contributed by atoms with Crippen molar-refractivity contribution in [1.29, 1.82) is 0 Å². The Hall–Kier alpha value is -1.23. The van der Waals surface area contributed by atoms with Crippen LogP contribution >= 0.6 is 0 Å². The van der Waals surface area contributed by atoms with Gasteiger partial charge in [0.25, 0.3) is 0 Å². The van der Waals surface area contributed by atoms with E-state index in [2.05, 4.69) is 13.8 Å². The molecule has 1 atom stereocenters. The largest absolute Gasteiger partial charge is 0.416 e. The summed E-state index contributed by atoms with van der Waals surface area (Å²) in [4.78, 5) is 1.88. The zero-order valence-corrected chi connectivity index (χ0v) is 12.5. The van der Waals surface area contributed by atoms with Gasteiger partial charge in [-0.25, -0.2) is 0 Å². The Kier molecular flexibility index (Phi) is 5.45. The number of halogens is 3. The first-order chi connectivity index (χ1) is 9.18. The summed E-state index contributed by atoms with van der Waals surface area (Å²) < 4.78 is 39.3. The van der Waals surface area contributed by atoms with Gasteiger partial charge in [-0.15, -0.1) is 0 Å². The molecule has 0 radical (unpaired) electrons. The molecule has 5 heteroatoms. The third-order valence-corrected chi connectivity index (χ3v) is 3.80. The summed E-state index contributed by atoms with van der Waals surface area (Å²) in [6.07, 6.45) is -4.11. The normalized spacial score (nSPS) is 13.7. The van der Waals surface area contributed by atoms with Crippen LogP contribution in [0.25, 0.3) is 0 Å². The maximum Gasteiger partial charge on any atom is 0.416 e. The Morgan fingerprint density at radius 1 is 1.20 bits per heavy atom. The van der Waals surface area contributed by atoms with E-state index in [1.807, 2.05) is 18.9 Å². The van der Waals surface area contributed by atoms with Gasteiger partial charge in [-0.2, -0.15) is 13.2 Å². The van der Waals surface area contributed by atoms with Crippen LogP contribution in [0.4, 0.5) is 18.9 Å². The first-order valence-corrected chi connectivity index (χ1v) is 6.81. The zero-order valence-electron chi connectivity index (χ0n) is 12.5. The molecule has 2 nitrogen and oxygen atoms in total. The molecule has 114 valence electrons. The van der Waals surface area contributed by atoms with E-state index < -0.39 is 11.7 Å². The number of nitrogens with two attached hydrogens (primary N) is 1. The molecule has 0 aliphatic carbocycles. The fourth-order valence-corrected chi connectivity index (χ4v) is 2.10. The average Bonchev–Trinajstić information content (AvgIpc) is 2.36. The quantitative estimate of drug-likeness (QED) is 0.895. The number of nitrogens with zero attached hydrogens (tertiary/aromatic N) is 1. The van der Waals surface area contributed by atoms with Crippen LogP contribution in [0.15, 0.2) is 18.2 Å². The molecule has 0 fully saturated rings. The highest BCUT2D eigenvalue weighted by atomic mass is 19.4. The summed E-state index contributed by atoms with van der Waals surface area (Å²) in [7, 11) is 1.82. The Labute approximate surface area is 118 Å².